The molecule has 1 aromatic carbocycles. The monoisotopic (exact) mass is 425 g/mol. The predicted molar refractivity (Wildman–Crippen MR) is 120 cm³/mol. The second kappa shape index (κ2) is 7.97. The lowest BCUT2D eigenvalue weighted by atomic mass is 9.45. The first kappa shape index (κ1) is 21.9. The van der Waals surface area contributed by atoms with Crippen LogP contribution in [0.25, 0.3) is 0 Å². The molecule has 4 N–H and O–H groups in total. The fourth-order valence-corrected chi connectivity index (χ4v) is 6.77. The van der Waals surface area contributed by atoms with Crippen molar-refractivity contribution in [3.8, 4) is 11.5 Å². The third-order valence-corrected chi connectivity index (χ3v) is 8.22. The van der Waals surface area contributed by atoms with E-state index in [-0.39, 0.29) is 46.0 Å². The van der Waals surface area contributed by atoms with Crippen LogP contribution in [0.3, 0.4) is 0 Å². The lowest BCUT2D eigenvalue weighted by Gasteiger charge is -2.60. The van der Waals surface area contributed by atoms with Gasteiger partial charge in [-0.3, -0.25) is 4.79 Å². The molecule has 2 aliphatic carbocycles. The van der Waals surface area contributed by atoms with Crippen molar-refractivity contribution in [2.24, 2.45) is 28.6 Å². The van der Waals surface area contributed by atoms with Crippen LogP contribution in [0.5, 0.6) is 11.5 Å². The first-order valence-electron chi connectivity index (χ1n) is 11.4. The van der Waals surface area contributed by atoms with E-state index in [4.69, 9.17) is 0 Å². The highest BCUT2D eigenvalue weighted by molar-refractivity contribution is 5.99. The molecule has 0 radical (unpaired) electrons. The molecule has 0 amide bonds. The van der Waals surface area contributed by atoms with Gasteiger partial charge in [-0.1, -0.05) is 34.1 Å². The zero-order chi connectivity index (χ0) is 22.4. The van der Waals surface area contributed by atoms with Gasteiger partial charge in [0.25, 0.3) is 0 Å². The van der Waals surface area contributed by atoms with Gasteiger partial charge in [-0.2, -0.15) is 0 Å². The van der Waals surface area contributed by atoms with Crippen LogP contribution in [-0.2, 0) is 6.54 Å². The Hall–Kier alpha value is -2.34. The fourth-order valence-electron chi connectivity index (χ4n) is 6.77. The Balaban J connectivity index is 1.70. The molecule has 4 rings (SSSR count). The normalized spacial score (nSPS) is 32.4. The summed E-state index contributed by atoms with van der Waals surface area (Å²) in [6.07, 6.45) is 7.86. The number of Topliss-reactive ketones (excluding diaryl/α,β-unsaturated/α-hetero) is 1. The molecular weight excluding hydrogens is 390 g/mol. The van der Waals surface area contributed by atoms with Crippen molar-refractivity contribution in [2.75, 3.05) is 0 Å². The molecule has 0 saturated heterocycles. The van der Waals surface area contributed by atoms with Crippen LogP contribution in [0, 0.1) is 28.6 Å². The van der Waals surface area contributed by atoms with Gasteiger partial charge in [0.05, 0.1) is 6.33 Å². The van der Waals surface area contributed by atoms with E-state index in [0.717, 1.165) is 25.0 Å². The Morgan fingerprint density at radius 1 is 1.19 bits per heavy atom. The van der Waals surface area contributed by atoms with Crippen LogP contribution in [0.15, 0.2) is 30.7 Å². The summed E-state index contributed by atoms with van der Waals surface area (Å²) < 4.78 is 0. The molecule has 2 aliphatic rings. The molecular formula is C25H35N3O3. The van der Waals surface area contributed by atoms with E-state index < -0.39 is 0 Å². The predicted octanol–water partition coefficient (Wildman–Crippen LogP) is 4.65. The van der Waals surface area contributed by atoms with Gasteiger partial charge in [0.2, 0.25) is 0 Å². The third-order valence-electron chi connectivity index (χ3n) is 8.22. The number of nitrogens with zero attached hydrogens (tertiary/aromatic N) is 1. The third kappa shape index (κ3) is 3.98. The molecule has 0 bridgehead atoms. The Morgan fingerprint density at radius 3 is 2.55 bits per heavy atom. The van der Waals surface area contributed by atoms with Gasteiger partial charge in [-0.15, -0.1) is 0 Å². The zero-order valence-electron chi connectivity index (χ0n) is 19.0. The Kier molecular flexibility index (Phi) is 5.63. The van der Waals surface area contributed by atoms with E-state index in [0.29, 0.717) is 18.0 Å². The first-order chi connectivity index (χ1) is 14.6. The average molecular weight is 426 g/mol. The number of fused-ring (bicyclic) bond motifs is 1. The Morgan fingerprint density at radius 2 is 1.90 bits per heavy atom. The maximum absolute atomic E-state index is 13.9. The summed E-state index contributed by atoms with van der Waals surface area (Å²) in [5, 5.41) is 23.7. The summed E-state index contributed by atoms with van der Waals surface area (Å²) in [5.41, 5.74) is 1.46. The summed E-state index contributed by atoms with van der Waals surface area (Å²) in [7, 11) is 0. The maximum atomic E-state index is 13.9. The van der Waals surface area contributed by atoms with Crippen molar-refractivity contribution in [2.45, 2.75) is 66.0 Å². The number of nitrogens with one attached hydrogen (secondary N) is 2. The molecule has 6 heteroatoms. The summed E-state index contributed by atoms with van der Waals surface area (Å²) in [5.74, 6) is 0.209. The number of hydrogen-bond donors (Lipinski definition) is 4. The number of aromatic hydroxyl groups is 2. The topological polar surface area (TPSA) is 98.2 Å². The standard InChI is InChI=1S/C25H35N3O3/c1-15-20(27-13-17-12-26-14-28-17)11-21-24(2,3)6-5-7-25(21,4)22(15)23(31)16-8-18(29)10-19(30)9-16/h8-10,12,14-15,20-22,27,29-30H,5-7,11,13H2,1-4H3,(H,26,28). The van der Waals surface area contributed by atoms with Crippen LogP contribution in [0.2, 0.25) is 0 Å². The van der Waals surface area contributed by atoms with Gasteiger partial charge >= 0.3 is 0 Å². The van der Waals surface area contributed by atoms with Gasteiger partial charge in [-0.25, -0.2) is 4.98 Å². The molecule has 0 aliphatic heterocycles. The maximum Gasteiger partial charge on any atom is 0.167 e. The second-order valence-corrected chi connectivity index (χ2v) is 10.6. The van der Waals surface area contributed by atoms with E-state index in [1.54, 1.807) is 6.33 Å². The van der Waals surface area contributed by atoms with Crippen molar-refractivity contribution in [3.05, 3.63) is 42.0 Å². The van der Waals surface area contributed by atoms with Crippen LogP contribution < -0.4 is 5.32 Å². The molecule has 168 valence electrons. The van der Waals surface area contributed by atoms with Gasteiger partial charge in [0, 0.05) is 42.0 Å². The number of aromatic nitrogens is 2. The lowest BCUT2D eigenvalue weighted by molar-refractivity contribution is -0.0917. The van der Waals surface area contributed by atoms with Crippen molar-refractivity contribution in [1.82, 2.24) is 15.3 Å². The van der Waals surface area contributed by atoms with Gasteiger partial charge in [0.1, 0.15) is 11.5 Å². The minimum Gasteiger partial charge on any atom is -0.508 e. The van der Waals surface area contributed by atoms with E-state index in [1.165, 1.54) is 24.6 Å². The van der Waals surface area contributed by atoms with Crippen molar-refractivity contribution in [3.63, 3.8) is 0 Å². The number of carbonyl (C=O) groups is 1. The highest BCUT2D eigenvalue weighted by Gasteiger charge is 2.58. The van der Waals surface area contributed by atoms with Crippen LogP contribution in [-0.4, -0.2) is 32.0 Å². The second-order valence-electron chi connectivity index (χ2n) is 10.6. The number of rotatable bonds is 5. The molecule has 2 saturated carbocycles. The number of H-pyrrole nitrogens is 1. The molecule has 31 heavy (non-hydrogen) atoms. The molecule has 1 heterocycles. The van der Waals surface area contributed by atoms with Gasteiger partial charge < -0.3 is 20.5 Å². The van der Waals surface area contributed by atoms with Crippen LogP contribution in [0.1, 0.15) is 69.4 Å². The highest BCUT2D eigenvalue weighted by Crippen LogP contribution is 2.61. The lowest BCUT2D eigenvalue weighted by Crippen LogP contribution is -2.60. The molecule has 6 nitrogen and oxygen atoms in total. The van der Waals surface area contributed by atoms with Gasteiger partial charge in [-0.05, 0) is 54.1 Å². The number of hydrogen-bond acceptors (Lipinski definition) is 5. The quantitative estimate of drug-likeness (QED) is 0.523. The smallest absolute Gasteiger partial charge is 0.167 e. The number of carbonyl (C=O) groups excluding carboxylic acids is 1. The van der Waals surface area contributed by atoms with Gasteiger partial charge in [0.15, 0.2) is 5.78 Å². The van der Waals surface area contributed by atoms with Crippen LogP contribution >= 0.6 is 0 Å². The first-order valence-corrected chi connectivity index (χ1v) is 11.4. The minimum atomic E-state index is -0.189. The summed E-state index contributed by atoms with van der Waals surface area (Å²) in [4.78, 5) is 21.2. The summed E-state index contributed by atoms with van der Waals surface area (Å²) >= 11 is 0. The zero-order valence-corrected chi connectivity index (χ0v) is 19.0. The van der Waals surface area contributed by atoms with E-state index in [2.05, 4.69) is 43.0 Å². The van der Waals surface area contributed by atoms with Crippen molar-refractivity contribution in [1.29, 1.82) is 0 Å². The Bertz CT molecular complexity index is 919. The van der Waals surface area contributed by atoms with Crippen molar-refractivity contribution < 1.29 is 15.0 Å². The molecule has 2 aromatic rings. The molecule has 0 spiro atoms. The number of phenolic OH excluding ortho intramolecular Hbond substituents is 2. The molecule has 5 unspecified atom stereocenters. The average Bonchev–Trinajstić information content (AvgIpc) is 3.19. The minimum absolute atomic E-state index is 0.0249. The molecule has 1 aromatic heterocycles. The molecule has 5 atom stereocenters. The molecule has 2 fully saturated rings. The van der Waals surface area contributed by atoms with Crippen molar-refractivity contribution >= 4 is 5.78 Å². The number of benzene rings is 1. The Labute approximate surface area is 184 Å². The number of ketones is 1. The highest BCUT2D eigenvalue weighted by atomic mass is 16.3. The number of imidazole rings is 1. The van der Waals surface area contributed by atoms with E-state index in [9.17, 15) is 15.0 Å². The van der Waals surface area contributed by atoms with E-state index in [1.807, 2.05) is 6.20 Å². The summed E-state index contributed by atoms with van der Waals surface area (Å²) in [6.45, 7) is 9.86. The SMILES string of the molecule is CC1C(NCc2cnc[nH]2)CC2C(C)(C)CCCC2(C)C1C(=O)c1cc(O)cc(O)c1. The number of aromatic amines is 1. The summed E-state index contributed by atoms with van der Waals surface area (Å²) in [6, 6.07) is 4.44. The number of phenols is 2. The van der Waals surface area contributed by atoms with Crippen LogP contribution in [0.4, 0.5) is 0 Å². The largest absolute Gasteiger partial charge is 0.508 e. The fraction of sp³-hybridized carbons (Fsp3) is 0.600. The van der Waals surface area contributed by atoms with E-state index >= 15 is 0 Å².